The van der Waals surface area contributed by atoms with Crippen LogP contribution in [0, 0.1) is 0 Å². The molecule has 1 N–H and O–H groups in total. The summed E-state index contributed by atoms with van der Waals surface area (Å²) < 4.78 is 0.446. The highest BCUT2D eigenvalue weighted by atomic mass is 35.5. The minimum Gasteiger partial charge on any atom is -0.317 e. The van der Waals surface area contributed by atoms with Gasteiger partial charge in [-0.05, 0) is 25.9 Å². The van der Waals surface area contributed by atoms with Crippen molar-refractivity contribution in [2.75, 3.05) is 13.1 Å². The normalized spacial score (nSPS) is 20.2. The summed E-state index contributed by atoms with van der Waals surface area (Å²) in [7, 11) is 0. The van der Waals surface area contributed by atoms with Gasteiger partial charge >= 0.3 is 0 Å². The van der Waals surface area contributed by atoms with Crippen LogP contribution in [0.25, 0.3) is 0 Å². The van der Waals surface area contributed by atoms with E-state index in [0.717, 1.165) is 5.25 Å². The van der Waals surface area contributed by atoms with Crippen molar-refractivity contribution in [2.45, 2.75) is 43.6 Å². The highest BCUT2D eigenvalue weighted by Crippen LogP contribution is 2.32. The Morgan fingerprint density at radius 2 is 1.67 bits per heavy atom. The van der Waals surface area contributed by atoms with Crippen LogP contribution in [-0.4, -0.2) is 23.1 Å². The van der Waals surface area contributed by atoms with E-state index in [-0.39, 0.29) is 12.4 Å². The minimum atomic E-state index is 0. The first-order valence-corrected chi connectivity index (χ1v) is 5.34. The number of rotatable bonds is 1. The van der Waals surface area contributed by atoms with Crippen molar-refractivity contribution in [1.29, 1.82) is 0 Å². The van der Waals surface area contributed by atoms with Gasteiger partial charge in [-0.15, -0.1) is 12.4 Å². The van der Waals surface area contributed by atoms with E-state index in [1.807, 2.05) is 0 Å². The van der Waals surface area contributed by atoms with Gasteiger partial charge in [0.05, 0.1) is 0 Å². The Kier molecular flexibility index (Phi) is 5.62. The Labute approximate surface area is 86.5 Å². The van der Waals surface area contributed by atoms with Crippen LogP contribution in [-0.2, 0) is 0 Å². The Bertz CT molecular complexity index is 116. The summed E-state index contributed by atoms with van der Waals surface area (Å²) in [4.78, 5) is 0. The summed E-state index contributed by atoms with van der Waals surface area (Å²) in [5.74, 6) is 0. The van der Waals surface area contributed by atoms with E-state index in [1.54, 1.807) is 0 Å². The van der Waals surface area contributed by atoms with Crippen LogP contribution in [0.4, 0.5) is 0 Å². The molecule has 12 heavy (non-hydrogen) atoms. The molecule has 1 nitrogen and oxygen atoms in total. The molecule has 1 fully saturated rings. The third-order valence-electron chi connectivity index (χ3n) is 1.81. The quantitative estimate of drug-likeness (QED) is 0.713. The van der Waals surface area contributed by atoms with Gasteiger partial charge in [0.2, 0.25) is 0 Å². The molecule has 0 aromatic heterocycles. The van der Waals surface area contributed by atoms with Gasteiger partial charge in [-0.1, -0.05) is 20.8 Å². The average molecular weight is 210 g/mol. The predicted octanol–water partition coefficient (Wildman–Crippen LogP) is 2.69. The molecular weight excluding hydrogens is 190 g/mol. The lowest BCUT2D eigenvalue weighted by atomic mass is 10.2. The van der Waals surface area contributed by atoms with Crippen molar-refractivity contribution >= 4 is 24.2 Å². The Morgan fingerprint density at radius 3 is 2.08 bits per heavy atom. The molecule has 1 aliphatic rings. The number of hydrogen-bond donors (Lipinski definition) is 1. The van der Waals surface area contributed by atoms with E-state index in [2.05, 4.69) is 37.8 Å². The van der Waals surface area contributed by atoms with E-state index in [0.29, 0.717) is 4.75 Å². The van der Waals surface area contributed by atoms with Gasteiger partial charge in [-0.3, -0.25) is 0 Å². The molecule has 1 saturated heterocycles. The Morgan fingerprint density at radius 1 is 1.17 bits per heavy atom. The maximum atomic E-state index is 3.39. The lowest BCUT2D eigenvalue weighted by molar-refractivity contribution is 0.528. The van der Waals surface area contributed by atoms with Gasteiger partial charge in [0.1, 0.15) is 0 Å². The molecule has 0 atom stereocenters. The van der Waals surface area contributed by atoms with Gasteiger partial charge in [-0.2, -0.15) is 11.8 Å². The van der Waals surface area contributed by atoms with Gasteiger partial charge in [0.25, 0.3) is 0 Å². The third kappa shape index (κ3) is 5.28. The van der Waals surface area contributed by atoms with Gasteiger partial charge < -0.3 is 5.32 Å². The topological polar surface area (TPSA) is 12.0 Å². The zero-order valence-electron chi connectivity index (χ0n) is 8.22. The average Bonchev–Trinajstić information content (AvgIpc) is 1.85. The monoisotopic (exact) mass is 209 g/mol. The molecule has 74 valence electrons. The first-order valence-electron chi connectivity index (χ1n) is 4.46. The van der Waals surface area contributed by atoms with Crippen molar-refractivity contribution in [3.05, 3.63) is 0 Å². The lowest BCUT2D eigenvalue weighted by Crippen LogP contribution is -2.31. The van der Waals surface area contributed by atoms with Crippen LogP contribution in [0.3, 0.4) is 0 Å². The number of halogens is 1. The first kappa shape index (κ1) is 12.6. The number of thioether (sulfide) groups is 1. The fourth-order valence-corrected chi connectivity index (χ4v) is 2.88. The maximum absolute atomic E-state index is 3.39. The lowest BCUT2D eigenvalue weighted by Gasteiger charge is -2.28. The molecule has 0 amide bonds. The summed E-state index contributed by atoms with van der Waals surface area (Å²) >= 11 is 2.14. The number of piperidine rings is 1. The molecule has 0 aliphatic carbocycles. The van der Waals surface area contributed by atoms with Crippen molar-refractivity contribution in [2.24, 2.45) is 0 Å². The Hall–Kier alpha value is 0.600. The summed E-state index contributed by atoms with van der Waals surface area (Å²) in [5, 5.41) is 4.29. The molecule has 1 heterocycles. The van der Waals surface area contributed by atoms with Crippen molar-refractivity contribution in [3.8, 4) is 0 Å². The molecule has 1 aliphatic heterocycles. The van der Waals surface area contributed by atoms with E-state index in [1.165, 1.54) is 25.9 Å². The van der Waals surface area contributed by atoms with Crippen molar-refractivity contribution < 1.29 is 0 Å². The maximum Gasteiger partial charge on any atom is 0.00778 e. The highest BCUT2D eigenvalue weighted by molar-refractivity contribution is 8.01. The third-order valence-corrected chi connectivity index (χ3v) is 3.32. The summed E-state index contributed by atoms with van der Waals surface area (Å²) in [6, 6.07) is 0. The summed E-state index contributed by atoms with van der Waals surface area (Å²) in [6.45, 7) is 9.35. The van der Waals surface area contributed by atoms with Crippen LogP contribution in [0.5, 0.6) is 0 Å². The molecule has 0 aromatic rings. The van der Waals surface area contributed by atoms with Crippen LogP contribution in [0.1, 0.15) is 33.6 Å². The fourth-order valence-electron chi connectivity index (χ4n) is 1.41. The first-order chi connectivity index (χ1) is 5.08. The zero-order chi connectivity index (χ0) is 8.32. The molecule has 0 saturated carbocycles. The summed E-state index contributed by atoms with van der Waals surface area (Å²) in [6.07, 6.45) is 2.70. The standard InChI is InChI=1S/C9H19NS.ClH/c1-9(2,3)11-8-4-6-10-7-5-8;/h8,10H,4-7H2,1-3H3;1H. The molecule has 0 radical (unpaired) electrons. The van der Waals surface area contributed by atoms with Crippen LogP contribution in [0.15, 0.2) is 0 Å². The molecule has 0 bridgehead atoms. The van der Waals surface area contributed by atoms with Crippen LogP contribution < -0.4 is 5.32 Å². The van der Waals surface area contributed by atoms with E-state index in [4.69, 9.17) is 0 Å². The largest absolute Gasteiger partial charge is 0.317 e. The Balaban J connectivity index is 0.00000121. The smallest absolute Gasteiger partial charge is 0.00778 e. The van der Waals surface area contributed by atoms with Crippen LogP contribution >= 0.6 is 24.2 Å². The van der Waals surface area contributed by atoms with E-state index < -0.39 is 0 Å². The molecule has 0 aromatic carbocycles. The van der Waals surface area contributed by atoms with Gasteiger partial charge in [-0.25, -0.2) is 0 Å². The van der Waals surface area contributed by atoms with Gasteiger partial charge in [0, 0.05) is 10.00 Å². The molecule has 1 rings (SSSR count). The second-order valence-corrected chi connectivity index (χ2v) is 6.31. The van der Waals surface area contributed by atoms with Gasteiger partial charge in [0.15, 0.2) is 0 Å². The second kappa shape index (κ2) is 5.36. The molecule has 0 unspecified atom stereocenters. The van der Waals surface area contributed by atoms with E-state index in [9.17, 15) is 0 Å². The molecular formula is C9H20ClNS. The van der Waals surface area contributed by atoms with Crippen molar-refractivity contribution in [1.82, 2.24) is 5.32 Å². The van der Waals surface area contributed by atoms with E-state index >= 15 is 0 Å². The minimum absolute atomic E-state index is 0. The van der Waals surface area contributed by atoms with Crippen molar-refractivity contribution in [3.63, 3.8) is 0 Å². The zero-order valence-corrected chi connectivity index (χ0v) is 9.86. The second-order valence-electron chi connectivity index (χ2n) is 4.18. The highest BCUT2D eigenvalue weighted by Gasteiger charge is 2.20. The SMILES string of the molecule is CC(C)(C)SC1CCNCC1.Cl. The molecule has 0 spiro atoms. The number of nitrogens with one attached hydrogen (secondary N) is 1. The molecule has 3 heteroatoms. The fraction of sp³-hybridized carbons (Fsp3) is 1.00. The number of hydrogen-bond acceptors (Lipinski definition) is 2. The predicted molar refractivity (Wildman–Crippen MR) is 60.5 cm³/mol. The summed E-state index contributed by atoms with van der Waals surface area (Å²) in [5.41, 5.74) is 0. The van der Waals surface area contributed by atoms with Crippen LogP contribution in [0.2, 0.25) is 0 Å².